The summed E-state index contributed by atoms with van der Waals surface area (Å²) < 4.78 is 27.4. The molecular formula is C37H53F2N7O9. The van der Waals surface area contributed by atoms with Crippen molar-refractivity contribution in [3.8, 4) is 0 Å². The van der Waals surface area contributed by atoms with Gasteiger partial charge in [0.15, 0.2) is 0 Å². The summed E-state index contributed by atoms with van der Waals surface area (Å²) in [5, 5.41) is 30.6. The van der Waals surface area contributed by atoms with Crippen LogP contribution in [0.3, 0.4) is 0 Å². The minimum atomic E-state index is -4.78. The number of alkyl halides is 2. The molecule has 0 saturated carbocycles. The van der Waals surface area contributed by atoms with Crippen LogP contribution in [0.4, 0.5) is 8.78 Å². The second-order valence-electron chi connectivity index (χ2n) is 12.9. The van der Waals surface area contributed by atoms with E-state index >= 15 is 0 Å². The number of hydrogen-bond donors (Lipinski definition) is 9. The number of carboxylic acid groups (broad SMARTS) is 1. The van der Waals surface area contributed by atoms with E-state index in [1.54, 1.807) is 24.3 Å². The lowest BCUT2D eigenvalue weighted by atomic mass is 10.0. The van der Waals surface area contributed by atoms with E-state index in [9.17, 15) is 47.4 Å². The Hall–Kier alpha value is -5.33. The predicted molar refractivity (Wildman–Crippen MR) is 200 cm³/mol. The Morgan fingerprint density at radius 1 is 0.764 bits per heavy atom. The molecule has 0 spiro atoms. The summed E-state index contributed by atoms with van der Waals surface area (Å²) in [7, 11) is 0. The van der Waals surface area contributed by atoms with E-state index in [-0.39, 0.29) is 37.9 Å². The molecule has 0 fully saturated rings. The first-order valence-electron chi connectivity index (χ1n) is 17.6. The average molecular weight is 778 g/mol. The lowest BCUT2D eigenvalue weighted by Crippen LogP contribution is -2.60. The highest BCUT2D eigenvalue weighted by Gasteiger charge is 2.50. The fourth-order valence-corrected chi connectivity index (χ4v) is 4.93. The van der Waals surface area contributed by atoms with Gasteiger partial charge in [0.2, 0.25) is 29.4 Å². The van der Waals surface area contributed by atoms with Gasteiger partial charge in [0.25, 0.3) is 5.91 Å². The van der Waals surface area contributed by atoms with Crippen LogP contribution in [0.15, 0.2) is 54.6 Å². The molecule has 55 heavy (non-hydrogen) atoms. The van der Waals surface area contributed by atoms with Crippen LogP contribution in [0, 0.1) is 0 Å². The lowest BCUT2D eigenvalue weighted by molar-refractivity contribution is -0.172. The van der Waals surface area contributed by atoms with Crippen molar-refractivity contribution in [3.05, 3.63) is 65.8 Å². The Balaban J connectivity index is 3.04. The Morgan fingerprint density at radius 3 is 1.82 bits per heavy atom. The Bertz CT molecular complexity index is 1610. The first-order valence-corrected chi connectivity index (χ1v) is 17.6. The van der Waals surface area contributed by atoms with Gasteiger partial charge < -0.3 is 48.3 Å². The molecule has 0 aliphatic carbocycles. The minimum Gasteiger partial charge on any atom is -0.476 e. The van der Waals surface area contributed by atoms with Gasteiger partial charge in [-0.25, -0.2) is 4.79 Å². The smallest absolute Gasteiger partial charge is 0.401 e. The average Bonchev–Trinajstić information content (AvgIpc) is 3.12. The number of allylic oxidation sites excluding steroid dienone is 5. The molecule has 304 valence electrons. The van der Waals surface area contributed by atoms with Crippen LogP contribution in [0.1, 0.15) is 76.2 Å². The SMILES string of the molecule is C=C(C)/C=C\C(=C/C)c1ccc(C(=O)N[C@@H](CCN)C(=O)N[C@H](C(=O)N[C@@H](C)C(=O)N[C@@H](CCCCN)C(=O)NC(C)C(=O)C(F)(F)C(=O)O)[C@@H](C)O)cc1. The summed E-state index contributed by atoms with van der Waals surface area (Å²) in [6.45, 7) is 11.0. The molecule has 1 unspecified atom stereocenters. The van der Waals surface area contributed by atoms with Crippen LogP contribution in [-0.2, 0) is 28.8 Å². The standard InChI is InChI=1S/C37H53F2N7O9/c1-7-24(12-11-20(2)3)25-13-15-26(16-14-25)32(50)45-28(17-19-41)34(52)46-29(23(6)47)35(53)43-22(5)31(49)44-27(10-8-9-18-40)33(51)42-21(4)30(48)37(38,39)36(54)55/h7,11-16,21-23,27-29,47H,2,8-10,17-19,40-41H2,1,3-6H3,(H,42,51)(H,43,53)(H,44,49)(H,45,50)(H,46,52)(H,54,55)/b12-11-,24-7+/t21?,22-,23+,27-,28-,29-/m0/s1. The van der Waals surface area contributed by atoms with Gasteiger partial charge >= 0.3 is 11.9 Å². The summed E-state index contributed by atoms with van der Waals surface area (Å²) in [6, 6.07) is -1.00. The fourth-order valence-electron chi connectivity index (χ4n) is 4.93. The highest BCUT2D eigenvalue weighted by molar-refractivity contribution is 6.08. The first kappa shape index (κ1) is 47.7. The number of aliphatic hydroxyl groups excluding tert-OH is 1. The van der Waals surface area contributed by atoms with E-state index in [1.807, 2.05) is 37.4 Å². The van der Waals surface area contributed by atoms with E-state index in [4.69, 9.17) is 16.6 Å². The minimum absolute atomic E-state index is 0.0330. The van der Waals surface area contributed by atoms with Gasteiger partial charge in [0.1, 0.15) is 24.2 Å². The molecule has 0 saturated heterocycles. The van der Waals surface area contributed by atoms with E-state index in [0.29, 0.717) is 6.42 Å². The maximum Gasteiger partial charge on any atom is 0.401 e. The number of aliphatic hydroxyl groups is 1. The molecule has 0 bridgehead atoms. The van der Waals surface area contributed by atoms with Crippen molar-refractivity contribution in [2.45, 2.75) is 103 Å². The third-order valence-electron chi connectivity index (χ3n) is 8.14. The first-order chi connectivity index (χ1) is 25.7. The number of hydrogen-bond acceptors (Lipinski definition) is 10. The molecule has 18 heteroatoms. The van der Waals surface area contributed by atoms with Gasteiger partial charge in [-0.1, -0.05) is 42.5 Å². The van der Waals surface area contributed by atoms with E-state index < -0.39 is 83.5 Å². The number of nitrogens with one attached hydrogen (secondary N) is 5. The maximum absolute atomic E-state index is 13.7. The third kappa shape index (κ3) is 15.1. The molecule has 0 radical (unpaired) electrons. The van der Waals surface area contributed by atoms with Gasteiger partial charge in [-0.15, -0.1) is 0 Å². The summed E-state index contributed by atoms with van der Waals surface area (Å²) in [6.07, 6.45) is 4.69. The molecule has 1 aromatic carbocycles. The summed E-state index contributed by atoms with van der Waals surface area (Å²) in [5.74, 6) is -14.1. The van der Waals surface area contributed by atoms with Crippen molar-refractivity contribution in [3.63, 3.8) is 0 Å². The number of carbonyl (C=O) groups is 7. The van der Waals surface area contributed by atoms with E-state index in [2.05, 4.69) is 27.8 Å². The van der Waals surface area contributed by atoms with Crippen LogP contribution in [-0.4, -0.2) is 107 Å². The van der Waals surface area contributed by atoms with Gasteiger partial charge in [0, 0.05) is 5.56 Å². The predicted octanol–water partition coefficient (Wildman–Crippen LogP) is 0.447. The van der Waals surface area contributed by atoms with Crippen LogP contribution in [0.2, 0.25) is 0 Å². The molecule has 0 aliphatic rings. The van der Waals surface area contributed by atoms with Gasteiger partial charge in [0.05, 0.1) is 12.1 Å². The zero-order valence-corrected chi connectivity index (χ0v) is 31.6. The van der Waals surface area contributed by atoms with Crippen LogP contribution in [0.25, 0.3) is 5.57 Å². The van der Waals surface area contributed by atoms with Crippen molar-refractivity contribution in [2.75, 3.05) is 13.1 Å². The Morgan fingerprint density at radius 2 is 1.31 bits per heavy atom. The highest BCUT2D eigenvalue weighted by Crippen LogP contribution is 2.19. The highest BCUT2D eigenvalue weighted by atomic mass is 19.3. The number of halogens is 2. The van der Waals surface area contributed by atoms with Gasteiger partial charge in [-0.3, -0.25) is 28.8 Å². The molecule has 1 rings (SSSR count). The molecule has 5 amide bonds. The molecular weight excluding hydrogens is 724 g/mol. The van der Waals surface area contributed by atoms with E-state index in [0.717, 1.165) is 23.6 Å². The van der Waals surface area contributed by atoms with Crippen molar-refractivity contribution in [1.29, 1.82) is 0 Å². The van der Waals surface area contributed by atoms with Crippen LogP contribution >= 0.6 is 0 Å². The summed E-state index contributed by atoms with van der Waals surface area (Å²) in [4.78, 5) is 88.4. The van der Waals surface area contributed by atoms with Crippen LogP contribution < -0.4 is 38.1 Å². The topological polar surface area (TPSA) is 272 Å². The number of Topliss-reactive ketones (excluding diaryl/α,β-unsaturated/α-hetero) is 1. The molecule has 1 aromatic rings. The number of rotatable bonds is 23. The number of ketones is 1. The number of carbonyl (C=O) groups excluding carboxylic acids is 6. The summed E-state index contributed by atoms with van der Waals surface area (Å²) in [5.41, 5.74) is 14.0. The number of nitrogens with two attached hydrogens (primary N) is 2. The molecule has 0 aliphatic heterocycles. The molecule has 0 heterocycles. The fraction of sp³-hybridized carbons (Fsp3) is 0.486. The molecule has 11 N–H and O–H groups in total. The largest absolute Gasteiger partial charge is 0.476 e. The van der Waals surface area contributed by atoms with Crippen molar-refractivity contribution in [2.24, 2.45) is 11.5 Å². The number of carboxylic acids is 1. The number of aliphatic carboxylic acids is 1. The Labute approximate surface area is 318 Å². The lowest BCUT2D eigenvalue weighted by Gasteiger charge is -2.27. The number of benzene rings is 1. The van der Waals surface area contributed by atoms with Gasteiger partial charge in [-0.05, 0) is 96.7 Å². The van der Waals surface area contributed by atoms with Crippen molar-refractivity contribution in [1.82, 2.24) is 26.6 Å². The monoisotopic (exact) mass is 777 g/mol. The number of amides is 5. The van der Waals surface area contributed by atoms with Crippen molar-refractivity contribution >= 4 is 46.9 Å². The third-order valence-corrected chi connectivity index (χ3v) is 8.14. The normalized spacial score (nSPS) is 15.1. The second kappa shape index (κ2) is 22.8. The zero-order chi connectivity index (χ0) is 42.0. The summed E-state index contributed by atoms with van der Waals surface area (Å²) >= 11 is 0. The quantitative estimate of drug-likeness (QED) is 0.0418. The van der Waals surface area contributed by atoms with Crippen molar-refractivity contribution < 1.29 is 52.6 Å². The zero-order valence-electron chi connectivity index (χ0n) is 31.6. The van der Waals surface area contributed by atoms with E-state index in [1.165, 1.54) is 13.8 Å². The molecule has 0 aromatic heterocycles. The molecule has 16 nitrogen and oxygen atoms in total. The molecule has 6 atom stereocenters. The second-order valence-corrected chi connectivity index (χ2v) is 12.9. The number of unbranched alkanes of at least 4 members (excludes halogenated alkanes) is 1. The Kier molecular flexibility index (Phi) is 19.8. The van der Waals surface area contributed by atoms with Gasteiger partial charge in [-0.2, -0.15) is 8.78 Å². The maximum atomic E-state index is 13.7. The van der Waals surface area contributed by atoms with Crippen LogP contribution in [0.5, 0.6) is 0 Å².